The number of rotatable bonds is 2. The summed E-state index contributed by atoms with van der Waals surface area (Å²) >= 11 is 0. The first-order valence-corrected chi connectivity index (χ1v) is 11.8. The fraction of sp³-hybridized carbons (Fsp3) is 0.556. The first-order chi connectivity index (χ1) is 14.9. The summed E-state index contributed by atoms with van der Waals surface area (Å²) in [6.07, 6.45) is 11.5. The van der Waals surface area contributed by atoms with Crippen LogP contribution in [0.15, 0.2) is 36.7 Å². The van der Waals surface area contributed by atoms with Crippen molar-refractivity contribution < 1.29 is 15.0 Å². The van der Waals surface area contributed by atoms with Crippen LogP contribution in [0.2, 0.25) is 0 Å². The number of pyridine rings is 1. The van der Waals surface area contributed by atoms with Crippen molar-refractivity contribution in [3.63, 3.8) is 0 Å². The highest BCUT2D eigenvalue weighted by molar-refractivity contribution is 5.58. The van der Waals surface area contributed by atoms with Crippen molar-refractivity contribution in [3.05, 3.63) is 70.3 Å². The average Bonchev–Trinajstić information content (AvgIpc) is 2.76. The molecule has 162 valence electrons. The summed E-state index contributed by atoms with van der Waals surface area (Å²) in [4.78, 5) is 3.72. The molecule has 2 N–H and O–H groups in total. The third kappa shape index (κ3) is 3.09. The highest BCUT2D eigenvalue weighted by atomic mass is 16.5. The van der Waals surface area contributed by atoms with Crippen molar-refractivity contribution in [1.29, 1.82) is 0 Å². The second-order valence-electron chi connectivity index (χ2n) is 10.4. The molecule has 0 bridgehead atoms. The number of aliphatic hydroxyl groups is 1. The smallest absolute Gasteiger partial charge is 0.222 e. The van der Waals surface area contributed by atoms with Gasteiger partial charge in [-0.15, -0.1) is 0 Å². The van der Waals surface area contributed by atoms with Crippen LogP contribution < -0.4 is 4.73 Å². The first-order valence-electron chi connectivity index (χ1n) is 11.8. The molecule has 0 spiro atoms. The zero-order chi connectivity index (χ0) is 21.8. The van der Waals surface area contributed by atoms with Gasteiger partial charge in [-0.05, 0) is 85.3 Å². The molecule has 3 aliphatic rings. The van der Waals surface area contributed by atoms with Gasteiger partial charge in [-0.25, -0.2) is 4.85 Å². The Bertz CT molecular complexity index is 1040. The SMILES string of the molecule is [C-]#[N+]c1ccc2c(c1C)CCC1C2CC[C@@]2(C)C1CCC[C@]2(O)Cc1cc[n+](O)cc1. The van der Waals surface area contributed by atoms with Crippen molar-refractivity contribution in [2.24, 2.45) is 17.3 Å². The van der Waals surface area contributed by atoms with Gasteiger partial charge in [0.2, 0.25) is 12.4 Å². The first kappa shape index (κ1) is 20.5. The standard InChI is InChI=1S/C27H33N2O2/c1-18-20-6-7-23-22(21(20)8-9-25(18)28-3)10-14-26(2)24(23)5-4-13-27(26,30)17-19-11-15-29(31)16-12-19/h8-9,11-12,15-16,22-24,30-31H,4-7,10,13-14,17H2,1-2H3/q+1/t22?,23?,24?,26-,27-/m0/s1. The predicted octanol–water partition coefficient (Wildman–Crippen LogP) is 5.29. The largest absolute Gasteiger partial charge is 0.389 e. The summed E-state index contributed by atoms with van der Waals surface area (Å²) < 4.78 is 1.06. The Morgan fingerprint density at radius 2 is 1.90 bits per heavy atom. The van der Waals surface area contributed by atoms with Crippen molar-refractivity contribution >= 4 is 5.69 Å². The van der Waals surface area contributed by atoms with Gasteiger partial charge in [-0.1, -0.05) is 31.0 Å². The lowest BCUT2D eigenvalue weighted by Gasteiger charge is -2.61. The number of fused-ring (bicyclic) bond motifs is 5. The molecule has 0 radical (unpaired) electrons. The summed E-state index contributed by atoms with van der Waals surface area (Å²) in [5.41, 5.74) is 5.20. The van der Waals surface area contributed by atoms with E-state index in [-0.39, 0.29) is 5.41 Å². The highest BCUT2D eigenvalue weighted by Crippen LogP contribution is 2.63. The van der Waals surface area contributed by atoms with Crippen LogP contribution in [0.5, 0.6) is 0 Å². The van der Waals surface area contributed by atoms with Gasteiger partial charge in [0, 0.05) is 23.3 Å². The van der Waals surface area contributed by atoms with E-state index in [2.05, 4.69) is 24.8 Å². The molecule has 2 aromatic rings. The summed E-state index contributed by atoms with van der Waals surface area (Å²) in [5.74, 6) is 1.71. The summed E-state index contributed by atoms with van der Waals surface area (Å²) in [5, 5.41) is 21.6. The minimum Gasteiger partial charge on any atom is -0.389 e. The van der Waals surface area contributed by atoms with Gasteiger partial charge in [0.1, 0.15) is 0 Å². The van der Waals surface area contributed by atoms with Crippen LogP contribution >= 0.6 is 0 Å². The number of nitrogens with zero attached hydrogens (tertiary/aromatic N) is 2. The van der Waals surface area contributed by atoms with Crippen molar-refractivity contribution in [2.45, 2.75) is 76.7 Å². The van der Waals surface area contributed by atoms with Crippen LogP contribution in [-0.2, 0) is 12.8 Å². The van der Waals surface area contributed by atoms with E-state index in [1.165, 1.54) is 29.5 Å². The fourth-order valence-electron chi connectivity index (χ4n) is 7.48. The van der Waals surface area contributed by atoms with E-state index < -0.39 is 5.60 Å². The zero-order valence-corrected chi connectivity index (χ0v) is 18.6. The average molecular weight is 418 g/mol. The van der Waals surface area contributed by atoms with Crippen LogP contribution in [0.1, 0.15) is 73.6 Å². The third-order valence-electron chi connectivity index (χ3n) is 9.23. The van der Waals surface area contributed by atoms with Gasteiger partial charge in [-0.3, -0.25) is 5.21 Å². The van der Waals surface area contributed by atoms with Gasteiger partial charge in [0.05, 0.1) is 12.2 Å². The fourth-order valence-corrected chi connectivity index (χ4v) is 7.48. The van der Waals surface area contributed by atoms with Crippen LogP contribution in [0, 0.1) is 30.7 Å². The van der Waals surface area contributed by atoms with E-state index in [4.69, 9.17) is 6.57 Å². The van der Waals surface area contributed by atoms with E-state index in [1.807, 2.05) is 18.2 Å². The molecule has 2 fully saturated rings. The van der Waals surface area contributed by atoms with Crippen molar-refractivity contribution in [2.75, 3.05) is 0 Å². The lowest BCUT2D eigenvalue weighted by molar-refractivity contribution is -0.904. The lowest BCUT2D eigenvalue weighted by atomic mass is 9.45. The Labute approximate surface area is 185 Å². The highest BCUT2D eigenvalue weighted by Gasteiger charge is 2.59. The molecule has 4 nitrogen and oxygen atoms in total. The van der Waals surface area contributed by atoms with Crippen LogP contribution in [0.3, 0.4) is 0 Å². The van der Waals surface area contributed by atoms with Gasteiger partial charge >= 0.3 is 0 Å². The minimum atomic E-state index is -0.702. The summed E-state index contributed by atoms with van der Waals surface area (Å²) in [6, 6.07) is 8.10. The molecule has 3 unspecified atom stereocenters. The molecule has 0 amide bonds. The van der Waals surface area contributed by atoms with E-state index >= 15 is 0 Å². The Kier molecular flexibility index (Phi) is 4.86. The van der Waals surface area contributed by atoms with E-state index in [0.29, 0.717) is 24.2 Å². The molecule has 4 heteroatoms. The molecule has 31 heavy (non-hydrogen) atoms. The quantitative estimate of drug-likeness (QED) is 0.396. The molecule has 5 atom stereocenters. The molecule has 3 aliphatic carbocycles. The molecule has 1 aromatic carbocycles. The van der Waals surface area contributed by atoms with Gasteiger partial charge < -0.3 is 5.11 Å². The molecule has 2 saturated carbocycles. The van der Waals surface area contributed by atoms with Crippen molar-refractivity contribution in [3.8, 4) is 0 Å². The van der Waals surface area contributed by atoms with Crippen LogP contribution in [0.25, 0.3) is 4.85 Å². The van der Waals surface area contributed by atoms with E-state index in [9.17, 15) is 10.3 Å². The molecular formula is C27H33N2O2+. The Morgan fingerprint density at radius 3 is 2.65 bits per heavy atom. The topological polar surface area (TPSA) is 48.7 Å². The summed E-state index contributed by atoms with van der Waals surface area (Å²) in [6.45, 7) is 11.9. The number of hydrogen-bond donors (Lipinski definition) is 2. The Balaban J connectivity index is 1.47. The van der Waals surface area contributed by atoms with Gasteiger partial charge in [0.15, 0.2) is 5.69 Å². The Morgan fingerprint density at radius 1 is 1.13 bits per heavy atom. The maximum atomic E-state index is 12.0. The monoisotopic (exact) mass is 417 g/mol. The second-order valence-corrected chi connectivity index (χ2v) is 10.4. The number of aromatic nitrogens is 1. The molecule has 1 aromatic heterocycles. The van der Waals surface area contributed by atoms with E-state index in [1.54, 1.807) is 12.4 Å². The zero-order valence-electron chi connectivity index (χ0n) is 18.6. The van der Waals surface area contributed by atoms with Crippen LogP contribution in [0.4, 0.5) is 5.69 Å². The normalized spacial score (nSPS) is 34.2. The molecule has 0 aliphatic heterocycles. The molecular weight excluding hydrogens is 384 g/mol. The molecule has 5 rings (SSSR count). The summed E-state index contributed by atoms with van der Waals surface area (Å²) in [7, 11) is 0. The number of hydrogen-bond acceptors (Lipinski definition) is 2. The van der Waals surface area contributed by atoms with Crippen LogP contribution in [-0.4, -0.2) is 15.9 Å². The maximum Gasteiger partial charge on any atom is 0.222 e. The molecule has 1 heterocycles. The minimum absolute atomic E-state index is 0.0829. The van der Waals surface area contributed by atoms with Crippen molar-refractivity contribution in [1.82, 2.24) is 0 Å². The Hall–Kier alpha value is -2.38. The third-order valence-corrected chi connectivity index (χ3v) is 9.23. The van der Waals surface area contributed by atoms with Gasteiger partial charge in [-0.2, -0.15) is 0 Å². The van der Waals surface area contributed by atoms with E-state index in [0.717, 1.165) is 48.1 Å². The predicted molar refractivity (Wildman–Crippen MR) is 119 cm³/mol. The van der Waals surface area contributed by atoms with Gasteiger partial charge in [0.25, 0.3) is 0 Å². The lowest BCUT2D eigenvalue weighted by Crippen LogP contribution is -2.59. The molecule has 0 saturated heterocycles. The maximum absolute atomic E-state index is 12.0. The number of benzene rings is 1. The second kappa shape index (κ2) is 7.35.